The minimum atomic E-state index is -1.15. The maximum Gasteiger partial charge on any atom is 0.326 e. The van der Waals surface area contributed by atoms with E-state index in [-0.39, 0.29) is 23.1 Å². The highest BCUT2D eigenvalue weighted by atomic mass is 35.5. The summed E-state index contributed by atoms with van der Waals surface area (Å²) in [6.45, 7) is 10.0. The molecule has 1 aromatic carbocycles. The Labute approximate surface area is 179 Å². The van der Waals surface area contributed by atoms with Gasteiger partial charge in [0.05, 0.1) is 21.7 Å². The number of nitrogens with one attached hydrogen (secondary N) is 2. The lowest BCUT2D eigenvalue weighted by Gasteiger charge is -2.28. The smallest absolute Gasteiger partial charge is 0.308 e. The van der Waals surface area contributed by atoms with E-state index in [0.717, 1.165) is 16.6 Å². The molecule has 3 heterocycles. The summed E-state index contributed by atoms with van der Waals surface area (Å²) in [6, 6.07) is 8.92. The fourth-order valence-electron chi connectivity index (χ4n) is 3.55. The van der Waals surface area contributed by atoms with Crippen LogP contribution < -0.4 is 11.0 Å². The number of aliphatic imine (C=N–C) groups is 1. The minimum Gasteiger partial charge on any atom is -0.308 e. The van der Waals surface area contributed by atoms with Crippen LogP contribution in [0.3, 0.4) is 0 Å². The molecule has 0 bridgehead atoms. The number of aromatic amines is 1. The molecule has 1 aliphatic rings. The number of halogens is 1. The van der Waals surface area contributed by atoms with E-state index in [1.165, 1.54) is 6.20 Å². The molecule has 0 unspecified atom stereocenters. The Hall–Kier alpha value is -2.93. The van der Waals surface area contributed by atoms with Crippen LogP contribution in [0.2, 0.25) is 5.02 Å². The third-order valence-electron chi connectivity index (χ3n) is 5.87. The third-order valence-corrected chi connectivity index (χ3v) is 6.09. The van der Waals surface area contributed by atoms with E-state index in [4.69, 9.17) is 11.6 Å². The lowest BCUT2D eigenvalue weighted by molar-refractivity contribution is -0.123. The van der Waals surface area contributed by atoms with Crippen molar-refractivity contribution < 1.29 is 4.79 Å². The Kier molecular flexibility index (Phi) is 4.62. The number of hydrogen-bond acceptors (Lipinski definition) is 4. The Balaban J connectivity index is 1.81. The zero-order valence-electron chi connectivity index (χ0n) is 17.6. The molecule has 0 saturated heterocycles. The standard InChI is InChI=1S/C22H24ClN5O2/c1-12(21(2,3)4)28-16-10-13(6-8-15(16)25-20(28)30)18-26-19(29)22(5,27-18)17-9-7-14(23)11-24-17/h6-12H,1-5H3,(H,25,30)(H,26,27,29)/t12-,22-/m1/s1. The molecule has 156 valence electrons. The maximum absolute atomic E-state index is 12.8. The molecular formula is C22H24ClN5O2. The van der Waals surface area contributed by atoms with E-state index in [1.807, 2.05) is 25.1 Å². The molecule has 0 fully saturated rings. The van der Waals surface area contributed by atoms with Gasteiger partial charge in [0.25, 0.3) is 5.91 Å². The van der Waals surface area contributed by atoms with E-state index in [9.17, 15) is 9.59 Å². The Morgan fingerprint density at radius 2 is 1.90 bits per heavy atom. The monoisotopic (exact) mass is 425 g/mol. The number of H-pyrrole nitrogens is 1. The summed E-state index contributed by atoms with van der Waals surface area (Å²) in [6.07, 6.45) is 1.50. The fraction of sp³-hybridized carbons (Fsp3) is 0.364. The summed E-state index contributed by atoms with van der Waals surface area (Å²) in [5.41, 5.74) is 1.35. The molecule has 1 aliphatic heterocycles. The van der Waals surface area contributed by atoms with Gasteiger partial charge in [0.15, 0.2) is 5.54 Å². The van der Waals surface area contributed by atoms with Gasteiger partial charge in [0.2, 0.25) is 0 Å². The Morgan fingerprint density at radius 1 is 1.17 bits per heavy atom. The average Bonchev–Trinajstić information content (AvgIpc) is 3.16. The first-order valence-electron chi connectivity index (χ1n) is 9.79. The van der Waals surface area contributed by atoms with Crippen molar-refractivity contribution in [3.63, 3.8) is 0 Å². The largest absolute Gasteiger partial charge is 0.326 e. The Bertz CT molecular complexity index is 1230. The average molecular weight is 426 g/mol. The van der Waals surface area contributed by atoms with Gasteiger partial charge in [-0.3, -0.25) is 14.3 Å². The Morgan fingerprint density at radius 3 is 2.53 bits per heavy atom. The quantitative estimate of drug-likeness (QED) is 0.668. The number of carbonyl (C=O) groups excluding carboxylic acids is 1. The van der Waals surface area contributed by atoms with Crippen molar-refractivity contribution in [2.45, 2.75) is 46.2 Å². The molecule has 0 saturated carbocycles. The highest BCUT2D eigenvalue weighted by Gasteiger charge is 2.42. The molecule has 0 aliphatic carbocycles. The second kappa shape index (κ2) is 6.80. The number of amides is 1. The van der Waals surface area contributed by atoms with Gasteiger partial charge in [-0.1, -0.05) is 32.4 Å². The number of fused-ring (bicyclic) bond motifs is 1. The number of hydrogen-bond donors (Lipinski definition) is 2. The SMILES string of the molecule is C[C@@H](n1c(=O)[nH]c2ccc(C3=N[C@](C)(c4ccc(Cl)cn4)C(=O)N3)cc21)C(C)(C)C. The van der Waals surface area contributed by atoms with Gasteiger partial charge in [-0.15, -0.1) is 0 Å². The van der Waals surface area contributed by atoms with Gasteiger partial charge in [-0.25, -0.2) is 9.79 Å². The van der Waals surface area contributed by atoms with Crippen LogP contribution in [-0.2, 0) is 10.3 Å². The molecule has 4 rings (SSSR count). The summed E-state index contributed by atoms with van der Waals surface area (Å²) in [5, 5.41) is 3.36. The second-order valence-corrected chi connectivity index (χ2v) is 9.36. The maximum atomic E-state index is 12.8. The number of carbonyl (C=O) groups is 1. The number of nitrogens with zero attached hydrogens (tertiary/aromatic N) is 3. The van der Waals surface area contributed by atoms with Crippen molar-refractivity contribution in [2.24, 2.45) is 10.4 Å². The van der Waals surface area contributed by atoms with Gasteiger partial charge >= 0.3 is 5.69 Å². The van der Waals surface area contributed by atoms with E-state index >= 15 is 0 Å². The molecule has 2 atom stereocenters. The number of amidine groups is 1. The lowest BCUT2D eigenvalue weighted by atomic mass is 9.88. The van der Waals surface area contributed by atoms with Crippen LogP contribution in [0.25, 0.3) is 11.0 Å². The van der Waals surface area contributed by atoms with E-state index in [2.05, 4.69) is 41.0 Å². The number of pyridine rings is 1. The number of imidazole rings is 1. The van der Waals surface area contributed by atoms with Crippen LogP contribution >= 0.6 is 11.6 Å². The van der Waals surface area contributed by atoms with Crippen molar-refractivity contribution in [3.05, 3.63) is 63.3 Å². The minimum absolute atomic E-state index is 0.0300. The third kappa shape index (κ3) is 3.23. The van der Waals surface area contributed by atoms with Crippen LogP contribution in [0.1, 0.15) is 51.9 Å². The van der Waals surface area contributed by atoms with Crippen LogP contribution in [-0.4, -0.2) is 26.3 Å². The van der Waals surface area contributed by atoms with Crippen molar-refractivity contribution in [1.29, 1.82) is 0 Å². The highest BCUT2D eigenvalue weighted by molar-refractivity contribution is 6.30. The van der Waals surface area contributed by atoms with Gasteiger partial charge in [0, 0.05) is 17.8 Å². The number of rotatable bonds is 3. The molecule has 2 aromatic heterocycles. The summed E-state index contributed by atoms with van der Waals surface area (Å²) in [4.78, 5) is 37.2. The number of benzene rings is 1. The van der Waals surface area contributed by atoms with Gasteiger partial charge in [-0.05, 0) is 49.6 Å². The van der Waals surface area contributed by atoms with Crippen molar-refractivity contribution in [3.8, 4) is 0 Å². The van der Waals surface area contributed by atoms with E-state index in [0.29, 0.717) is 16.6 Å². The normalized spacial score (nSPS) is 20.3. The molecule has 7 nitrogen and oxygen atoms in total. The van der Waals surface area contributed by atoms with Gasteiger partial charge in [-0.2, -0.15) is 0 Å². The van der Waals surface area contributed by atoms with Crippen molar-refractivity contribution in [2.75, 3.05) is 0 Å². The van der Waals surface area contributed by atoms with Crippen LogP contribution in [0, 0.1) is 5.41 Å². The molecule has 8 heteroatoms. The van der Waals surface area contributed by atoms with Crippen molar-refractivity contribution >= 4 is 34.4 Å². The summed E-state index contributed by atoms with van der Waals surface area (Å²) < 4.78 is 1.76. The second-order valence-electron chi connectivity index (χ2n) is 8.92. The molecular weight excluding hydrogens is 402 g/mol. The molecule has 30 heavy (non-hydrogen) atoms. The highest BCUT2D eigenvalue weighted by Crippen LogP contribution is 2.33. The first-order chi connectivity index (χ1) is 14.0. The van der Waals surface area contributed by atoms with Crippen molar-refractivity contribution in [1.82, 2.24) is 19.9 Å². The van der Waals surface area contributed by atoms with E-state index in [1.54, 1.807) is 23.6 Å². The van der Waals surface area contributed by atoms with E-state index < -0.39 is 5.54 Å². The summed E-state index contributed by atoms with van der Waals surface area (Å²) >= 11 is 5.92. The summed E-state index contributed by atoms with van der Waals surface area (Å²) in [5.74, 6) is 0.187. The fourth-order valence-corrected chi connectivity index (χ4v) is 3.66. The first-order valence-corrected chi connectivity index (χ1v) is 10.2. The van der Waals surface area contributed by atoms with Crippen LogP contribution in [0.5, 0.6) is 0 Å². The lowest BCUT2D eigenvalue weighted by Crippen LogP contribution is -2.35. The van der Waals surface area contributed by atoms with Crippen LogP contribution in [0.15, 0.2) is 46.3 Å². The number of aromatic nitrogens is 3. The van der Waals surface area contributed by atoms with Gasteiger partial charge < -0.3 is 10.3 Å². The molecule has 2 N–H and O–H groups in total. The topological polar surface area (TPSA) is 92.1 Å². The predicted octanol–water partition coefficient (Wildman–Crippen LogP) is 3.78. The van der Waals surface area contributed by atoms with Crippen LogP contribution in [0.4, 0.5) is 0 Å². The summed E-state index contributed by atoms with van der Waals surface area (Å²) in [7, 11) is 0. The zero-order valence-corrected chi connectivity index (χ0v) is 18.3. The zero-order chi connectivity index (χ0) is 21.8. The van der Waals surface area contributed by atoms with Gasteiger partial charge in [0.1, 0.15) is 5.84 Å². The molecule has 3 aromatic rings. The predicted molar refractivity (Wildman–Crippen MR) is 118 cm³/mol. The molecule has 0 radical (unpaired) electrons. The first kappa shape index (κ1) is 20.3. The molecule has 1 amide bonds. The molecule has 0 spiro atoms.